The number of carbonyl (C=O) groups is 1. The first-order valence-corrected chi connectivity index (χ1v) is 9.94. The number of carbonyl (C=O) groups excluding carboxylic acids is 1. The molecule has 0 saturated heterocycles. The molecule has 0 radical (unpaired) electrons. The molecule has 0 unspecified atom stereocenters. The lowest BCUT2D eigenvalue weighted by atomic mass is 9.85. The summed E-state index contributed by atoms with van der Waals surface area (Å²) in [5.74, 6) is 0.759. The molecule has 1 aromatic carbocycles. The van der Waals surface area contributed by atoms with E-state index < -0.39 is 9.84 Å². The van der Waals surface area contributed by atoms with Crippen molar-refractivity contribution in [1.82, 2.24) is 0 Å². The summed E-state index contributed by atoms with van der Waals surface area (Å²) in [5, 5.41) is -0.375. The number of rotatable bonds is 6. The third-order valence-corrected chi connectivity index (χ3v) is 6.73. The smallest absolute Gasteiger partial charge is 0.163 e. The van der Waals surface area contributed by atoms with E-state index >= 15 is 0 Å². The first-order valence-electron chi connectivity index (χ1n) is 8.22. The van der Waals surface area contributed by atoms with Gasteiger partial charge in [0.2, 0.25) is 0 Å². The van der Waals surface area contributed by atoms with Crippen molar-refractivity contribution in [1.29, 1.82) is 0 Å². The second-order valence-corrected chi connectivity index (χ2v) is 9.24. The van der Waals surface area contributed by atoms with Crippen LogP contribution in [0.15, 0.2) is 24.3 Å². The molecule has 0 N–H and O–H groups in total. The van der Waals surface area contributed by atoms with E-state index in [1.165, 1.54) is 19.3 Å². The van der Waals surface area contributed by atoms with E-state index in [1.54, 1.807) is 38.1 Å². The Kier molecular flexibility index (Phi) is 5.79. The van der Waals surface area contributed by atoms with Gasteiger partial charge in [-0.1, -0.05) is 56.4 Å². The molecule has 0 aromatic heterocycles. The Morgan fingerprint density at radius 2 is 1.68 bits per heavy atom. The molecular weight excluding hydrogens is 296 g/mol. The number of hydrogen-bond acceptors (Lipinski definition) is 3. The molecule has 0 spiro atoms. The van der Waals surface area contributed by atoms with Gasteiger partial charge in [-0.3, -0.25) is 4.79 Å². The second kappa shape index (κ2) is 7.40. The molecule has 1 aliphatic rings. The summed E-state index contributed by atoms with van der Waals surface area (Å²) in [6, 6.07) is 7.09. The standard InChI is InChI=1S/C18H26O3S/c1-14(2)22(20,21)13-16-8-10-17(11-9-16)18(19)12-15-6-4-3-5-7-15/h8-11,14-15H,3-7,12-13H2,1-2H3. The number of hydrogen-bond donors (Lipinski definition) is 0. The topological polar surface area (TPSA) is 51.2 Å². The summed E-state index contributed by atoms with van der Waals surface area (Å²) in [6.45, 7) is 3.38. The predicted octanol–water partition coefficient (Wildman–Crippen LogP) is 4.16. The molecule has 1 fully saturated rings. The minimum Gasteiger partial charge on any atom is -0.294 e. The zero-order valence-corrected chi connectivity index (χ0v) is 14.4. The molecule has 4 heteroatoms. The fraction of sp³-hybridized carbons (Fsp3) is 0.611. The molecule has 0 heterocycles. The van der Waals surface area contributed by atoms with Crippen LogP contribution < -0.4 is 0 Å². The molecule has 1 saturated carbocycles. The zero-order chi connectivity index (χ0) is 16.2. The molecule has 0 atom stereocenters. The Balaban J connectivity index is 1.97. The average Bonchev–Trinajstić information content (AvgIpc) is 2.48. The van der Waals surface area contributed by atoms with Crippen molar-refractivity contribution < 1.29 is 13.2 Å². The van der Waals surface area contributed by atoms with Gasteiger partial charge in [0.15, 0.2) is 15.6 Å². The van der Waals surface area contributed by atoms with Crippen molar-refractivity contribution in [3.63, 3.8) is 0 Å². The predicted molar refractivity (Wildman–Crippen MR) is 89.7 cm³/mol. The molecule has 0 aliphatic heterocycles. The van der Waals surface area contributed by atoms with Gasteiger partial charge in [-0.2, -0.15) is 0 Å². The summed E-state index contributed by atoms with van der Waals surface area (Å²) >= 11 is 0. The quantitative estimate of drug-likeness (QED) is 0.739. The van der Waals surface area contributed by atoms with Gasteiger partial charge < -0.3 is 0 Å². The minimum absolute atomic E-state index is 0.0434. The van der Waals surface area contributed by atoms with Crippen LogP contribution in [0.1, 0.15) is 68.3 Å². The van der Waals surface area contributed by atoms with Crippen LogP contribution in [0.2, 0.25) is 0 Å². The Morgan fingerprint density at radius 3 is 2.23 bits per heavy atom. The van der Waals surface area contributed by atoms with Gasteiger partial charge in [-0.25, -0.2) is 8.42 Å². The van der Waals surface area contributed by atoms with Gasteiger partial charge in [0.05, 0.1) is 11.0 Å². The van der Waals surface area contributed by atoms with Crippen molar-refractivity contribution in [2.75, 3.05) is 0 Å². The van der Waals surface area contributed by atoms with Crippen LogP contribution in [-0.2, 0) is 15.6 Å². The Hall–Kier alpha value is -1.16. The first-order chi connectivity index (χ1) is 10.4. The Morgan fingerprint density at radius 1 is 1.09 bits per heavy atom. The minimum atomic E-state index is -3.09. The van der Waals surface area contributed by atoms with E-state index in [2.05, 4.69) is 0 Å². The first kappa shape index (κ1) is 17.2. The molecular formula is C18H26O3S. The van der Waals surface area contributed by atoms with Crippen molar-refractivity contribution in [2.45, 2.75) is 63.4 Å². The number of sulfone groups is 1. The van der Waals surface area contributed by atoms with Crippen molar-refractivity contribution in [3.8, 4) is 0 Å². The fourth-order valence-electron chi connectivity index (χ4n) is 2.96. The molecule has 2 rings (SSSR count). The summed E-state index contributed by atoms with van der Waals surface area (Å²) in [5.41, 5.74) is 1.46. The maximum absolute atomic E-state index is 12.3. The van der Waals surface area contributed by atoms with Crippen LogP contribution in [0.25, 0.3) is 0 Å². The highest BCUT2D eigenvalue weighted by atomic mass is 32.2. The van der Waals surface area contributed by atoms with Crippen LogP contribution >= 0.6 is 0 Å². The van der Waals surface area contributed by atoms with Gasteiger partial charge in [0.1, 0.15) is 0 Å². The third kappa shape index (κ3) is 4.67. The summed E-state index contributed by atoms with van der Waals surface area (Å²) < 4.78 is 23.8. The Bertz CT molecular complexity index is 594. The van der Waals surface area contributed by atoms with Crippen LogP contribution in [0.4, 0.5) is 0 Å². The Labute approximate surface area is 134 Å². The normalized spacial score (nSPS) is 16.9. The SMILES string of the molecule is CC(C)S(=O)(=O)Cc1ccc(C(=O)CC2CCCCC2)cc1. The monoisotopic (exact) mass is 322 g/mol. The molecule has 1 aliphatic carbocycles. The summed E-state index contributed by atoms with van der Waals surface area (Å²) in [6.07, 6.45) is 6.73. The molecule has 1 aromatic rings. The maximum atomic E-state index is 12.3. The van der Waals surface area contributed by atoms with Gasteiger partial charge in [-0.15, -0.1) is 0 Å². The number of Topliss-reactive ketones (excluding diaryl/α,β-unsaturated/α-hetero) is 1. The van der Waals surface area contributed by atoms with Gasteiger partial charge >= 0.3 is 0 Å². The van der Waals surface area contributed by atoms with Crippen molar-refractivity contribution in [3.05, 3.63) is 35.4 Å². The summed E-state index contributed by atoms with van der Waals surface area (Å²) in [4.78, 5) is 12.3. The summed E-state index contributed by atoms with van der Waals surface area (Å²) in [7, 11) is -3.09. The largest absolute Gasteiger partial charge is 0.294 e. The lowest BCUT2D eigenvalue weighted by Crippen LogP contribution is -2.16. The van der Waals surface area contributed by atoms with E-state index in [0.29, 0.717) is 17.9 Å². The van der Waals surface area contributed by atoms with E-state index in [1.807, 2.05) is 0 Å². The zero-order valence-electron chi connectivity index (χ0n) is 13.5. The fourth-order valence-corrected chi connectivity index (χ4v) is 3.95. The second-order valence-electron chi connectivity index (χ2n) is 6.68. The number of benzene rings is 1. The van der Waals surface area contributed by atoms with Gasteiger partial charge in [0.25, 0.3) is 0 Å². The van der Waals surface area contributed by atoms with Crippen LogP contribution in [0.3, 0.4) is 0 Å². The molecule has 3 nitrogen and oxygen atoms in total. The molecule has 122 valence electrons. The number of ketones is 1. The molecule has 0 amide bonds. The molecule has 0 bridgehead atoms. The lowest BCUT2D eigenvalue weighted by Gasteiger charge is -2.20. The van der Waals surface area contributed by atoms with Crippen molar-refractivity contribution >= 4 is 15.6 Å². The van der Waals surface area contributed by atoms with Gasteiger partial charge in [-0.05, 0) is 25.3 Å². The average molecular weight is 322 g/mol. The third-order valence-electron chi connectivity index (χ3n) is 4.56. The van der Waals surface area contributed by atoms with Crippen molar-refractivity contribution in [2.24, 2.45) is 5.92 Å². The van der Waals surface area contributed by atoms with Crippen LogP contribution in [0, 0.1) is 5.92 Å². The maximum Gasteiger partial charge on any atom is 0.163 e. The highest BCUT2D eigenvalue weighted by molar-refractivity contribution is 7.91. The lowest BCUT2D eigenvalue weighted by molar-refractivity contribution is 0.0950. The van der Waals surface area contributed by atoms with E-state index in [9.17, 15) is 13.2 Å². The van der Waals surface area contributed by atoms with Crippen LogP contribution in [0.5, 0.6) is 0 Å². The highest BCUT2D eigenvalue weighted by Gasteiger charge is 2.19. The van der Waals surface area contributed by atoms with E-state index in [4.69, 9.17) is 0 Å². The molecule has 22 heavy (non-hydrogen) atoms. The van der Waals surface area contributed by atoms with E-state index in [0.717, 1.165) is 18.4 Å². The highest BCUT2D eigenvalue weighted by Crippen LogP contribution is 2.27. The van der Waals surface area contributed by atoms with E-state index in [-0.39, 0.29) is 16.8 Å². The van der Waals surface area contributed by atoms with Crippen LogP contribution in [-0.4, -0.2) is 19.5 Å². The van der Waals surface area contributed by atoms with Gasteiger partial charge in [0, 0.05) is 12.0 Å².